The number of nitrogens with zero attached hydrogens (tertiary/aromatic N) is 1. The Bertz CT molecular complexity index is 1230. The molecule has 9 heteroatoms. The molecule has 0 aromatic heterocycles. The van der Waals surface area contributed by atoms with Gasteiger partial charge < -0.3 is 21.2 Å². The minimum atomic E-state index is -0.899. The van der Waals surface area contributed by atoms with Gasteiger partial charge in [-0.1, -0.05) is 57.2 Å². The van der Waals surface area contributed by atoms with Gasteiger partial charge in [0.25, 0.3) is 0 Å². The van der Waals surface area contributed by atoms with Crippen molar-refractivity contribution in [1.82, 2.24) is 21.0 Å². The number of urea groups is 1. The van der Waals surface area contributed by atoms with Crippen LogP contribution >= 0.6 is 0 Å². The Balaban J connectivity index is 1.74. The molecule has 1 aliphatic heterocycles. The van der Waals surface area contributed by atoms with Crippen LogP contribution in [0.4, 0.5) is 13.6 Å². The zero-order valence-corrected chi connectivity index (χ0v) is 27.9. The number of halogens is 2. The van der Waals surface area contributed by atoms with Crippen molar-refractivity contribution in [2.75, 3.05) is 13.1 Å². The highest BCUT2D eigenvalue weighted by molar-refractivity contribution is 5.79. The van der Waals surface area contributed by atoms with Crippen molar-refractivity contribution >= 4 is 11.9 Å². The molecule has 3 amide bonds. The maximum absolute atomic E-state index is 13.8. The number of hydrogen-bond donors (Lipinski definition) is 4. The SMILES string of the molecule is CC(C)C[C@H](C)/C=C/C(Cc1ccc(F)cc1)(Cc1ccc(F)cc1)NC(=O)NCCNC(=O)C1CC(C)(C)N(O)C(C)(C)C1. The molecule has 0 bridgehead atoms. The number of hydrogen-bond acceptors (Lipinski definition) is 4. The van der Waals surface area contributed by atoms with E-state index in [2.05, 4.69) is 42.8 Å². The average molecular weight is 627 g/mol. The van der Waals surface area contributed by atoms with Gasteiger partial charge in [0.1, 0.15) is 11.6 Å². The summed E-state index contributed by atoms with van der Waals surface area (Å²) in [6.45, 7) is 14.6. The van der Waals surface area contributed by atoms with Crippen molar-refractivity contribution < 1.29 is 23.6 Å². The van der Waals surface area contributed by atoms with Gasteiger partial charge in [0.2, 0.25) is 5.91 Å². The zero-order chi connectivity index (χ0) is 33.4. The van der Waals surface area contributed by atoms with Crippen LogP contribution in [0.2, 0.25) is 0 Å². The lowest BCUT2D eigenvalue weighted by Crippen LogP contribution is -2.60. The Hall–Kier alpha value is -3.30. The van der Waals surface area contributed by atoms with Gasteiger partial charge in [0.15, 0.2) is 0 Å². The molecule has 0 unspecified atom stereocenters. The molecule has 4 N–H and O–H groups in total. The van der Waals surface area contributed by atoms with Crippen LogP contribution in [-0.4, -0.2) is 51.9 Å². The minimum Gasteiger partial charge on any atom is -0.354 e. The van der Waals surface area contributed by atoms with Gasteiger partial charge in [-0.3, -0.25) is 4.79 Å². The Labute approximate surface area is 267 Å². The van der Waals surface area contributed by atoms with Crippen molar-refractivity contribution in [1.29, 1.82) is 0 Å². The van der Waals surface area contributed by atoms with Gasteiger partial charge in [-0.15, -0.1) is 0 Å². The number of carbonyl (C=O) groups is 2. The number of nitrogens with one attached hydrogen (secondary N) is 3. The fourth-order valence-electron chi connectivity index (χ4n) is 6.65. The highest BCUT2D eigenvalue weighted by Gasteiger charge is 2.47. The van der Waals surface area contributed by atoms with E-state index < -0.39 is 22.6 Å². The van der Waals surface area contributed by atoms with Gasteiger partial charge in [0.05, 0.1) is 5.54 Å². The molecule has 1 atom stereocenters. The van der Waals surface area contributed by atoms with Crippen molar-refractivity contribution in [2.45, 2.75) is 97.2 Å². The topological polar surface area (TPSA) is 93.7 Å². The highest BCUT2D eigenvalue weighted by Crippen LogP contribution is 2.40. The van der Waals surface area contributed by atoms with E-state index in [0.717, 1.165) is 17.5 Å². The molecular weight excluding hydrogens is 574 g/mol. The molecule has 7 nitrogen and oxygen atoms in total. The summed E-state index contributed by atoms with van der Waals surface area (Å²) in [4.78, 5) is 26.4. The van der Waals surface area contributed by atoms with Crippen LogP contribution < -0.4 is 16.0 Å². The van der Waals surface area contributed by atoms with Gasteiger partial charge >= 0.3 is 6.03 Å². The molecule has 0 radical (unpaired) electrons. The van der Waals surface area contributed by atoms with E-state index in [1.54, 1.807) is 24.3 Å². The first-order chi connectivity index (χ1) is 21.0. The average Bonchev–Trinajstić information content (AvgIpc) is 2.94. The van der Waals surface area contributed by atoms with Crippen LogP contribution in [0, 0.1) is 29.4 Å². The third kappa shape index (κ3) is 10.9. The molecular formula is C36H52F2N4O3. The normalized spacial score (nSPS) is 17.8. The quantitative estimate of drug-likeness (QED) is 0.145. The van der Waals surface area contributed by atoms with Crippen LogP contribution in [0.3, 0.4) is 0 Å². The largest absolute Gasteiger partial charge is 0.354 e. The summed E-state index contributed by atoms with van der Waals surface area (Å²) >= 11 is 0. The Morgan fingerprint density at radius 2 is 1.36 bits per heavy atom. The molecule has 1 saturated heterocycles. The van der Waals surface area contributed by atoms with E-state index in [0.29, 0.717) is 31.6 Å². The molecule has 248 valence electrons. The van der Waals surface area contributed by atoms with E-state index in [9.17, 15) is 23.6 Å². The van der Waals surface area contributed by atoms with Crippen LogP contribution in [0.1, 0.15) is 78.9 Å². The van der Waals surface area contributed by atoms with Crippen LogP contribution in [0.15, 0.2) is 60.7 Å². The highest BCUT2D eigenvalue weighted by atomic mass is 19.1. The number of rotatable bonds is 13. The van der Waals surface area contributed by atoms with Gasteiger partial charge in [-0.2, -0.15) is 5.06 Å². The standard InChI is InChI=1S/C36H52F2N4O3/c1-25(2)20-26(3)16-17-36(21-27-8-12-30(37)13-9-27,22-28-10-14-31(38)15-11-28)41-33(44)40-19-18-39-32(43)29-23-34(4,5)42(45)35(6,7)24-29/h8-17,25-26,29,45H,18-24H2,1-7H3,(H,39,43)(H2,40,41,44)/b17-16+/t26-/m1/s1. The second-order valence-corrected chi connectivity index (χ2v) is 14.4. The summed E-state index contributed by atoms with van der Waals surface area (Å²) in [5, 5.41) is 20.9. The number of carbonyl (C=O) groups excluding carboxylic acids is 2. The Kier molecular flexibility index (Phi) is 12.3. The summed E-state index contributed by atoms with van der Waals surface area (Å²) in [7, 11) is 0. The van der Waals surface area contributed by atoms with Gasteiger partial charge in [-0.25, -0.2) is 13.6 Å². The first-order valence-corrected chi connectivity index (χ1v) is 16.0. The van der Waals surface area contributed by atoms with Gasteiger partial charge in [-0.05, 0) is 107 Å². The second kappa shape index (κ2) is 15.3. The third-order valence-corrected chi connectivity index (χ3v) is 8.53. The number of hydroxylamine groups is 2. The zero-order valence-electron chi connectivity index (χ0n) is 27.9. The lowest BCUT2D eigenvalue weighted by Gasteiger charge is -2.51. The van der Waals surface area contributed by atoms with E-state index in [1.165, 1.54) is 29.3 Å². The fourth-order valence-corrected chi connectivity index (χ4v) is 6.65. The van der Waals surface area contributed by atoms with Crippen molar-refractivity contribution in [3.05, 3.63) is 83.4 Å². The Morgan fingerprint density at radius 3 is 1.82 bits per heavy atom. The molecule has 0 saturated carbocycles. The van der Waals surface area contributed by atoms with Crippen molar-refractivity contribution in [3.8, 4) is 0 Å². The number of piperidine rings is 1. The molecule has 2 aromatic rings. The first kappa shape index (κ1) is 36.2. The molecule has 3 rings (SSSR count). The van der Waals surface area contributed by atoms with E-state index in [1.807, 2.05) is 33.8 Å². The summed E-state index contributed by atoms with van der Waals surface area (Å²) in [6.07, 6.45) is 6.90. The molecule has 2 aromatic carbocycles. The number of benzene rings is 2. The predicted molar refractivity (Wildman–Crippen MR) is 175 cm³/mol. The van der Waals surface area contributed by atoms with Gasteiger partial charge in [0, 0.05) is 30.1 Å². The van der Waals surface area contributed by atoms with Crippen molar-refractivity contribution in [2.24, 2.45) is 17.8 Å². The Morgan fingerprint density at radius 1 is 0.889 bits per heavy atom. The molecule has 1 aliphatic rings. The van der Waals surface area contributed by atoms with Crippen LogP contribution in [0.25, 0.3) is 0 Å². The van der Waals surface area contributed by atoms with Crippen molar-refractivity contribution in [3.63, 3.8) is 0 Å². The molecule has 45 heavy (non-hydrogen) atoms. The maximum Gasteiger partial charge on any atom is 0.315 e. The lowest BCUT2D eigenvalue weighted by atomic mass is 9.75. The molecule has 0 aliphatic carbocycles. The first-order valence-electron chi connectivity index (χ1n) is 16.0. The van der Waals surface area contributed by atoms with Crippen LogP contribution in [-0.2, 0) is 17.6 Å². The fraction of sp³-hybridized carbons (Fsp3) is 0.556. The second-order valence-electron chi connectivity index (χ2n) is 14.4. The summed E-state index contributed by atoms with van der Waals surface area (Å²) in [5.41, 5.74) is -0.302. The summed E-state index contributed by atoms with van der Waals surface area (Å²) in [5.74, 6) is -0.303. The van der Waals surface area contributed by atoms with E-state index in [4.69, 9.17) is 0 Å². The molecule has 1 fully saturated rings. The number of amides is 3. The summed E-state index contributed by atoms with van der Waals surface area (Å²) < 4.78 is 27.5. The summed E-state index contributed by atoms with van der Waals surface area (Å²) in [6, 6.07) is 12.0. The monoisotopic (exact) mass is 626 g/mol. The number of allylic oxidation sites excluding steroid dienone is 1. The molecule has 0 spiro atoms. The maximum atomic E-state index is 13.8. The third-order valence-electron chi connectivity index (χ3n) is 8.53. The molecule has 1 heterocycles. The van der Waals surface area contributed by atoms with E-state index >= 15 is 0 Å². The smallest absolute Gasteiger partial charge is 0.315 e. The van der Waals surface area contributed by atoms with Crippen LogP contribution in [0.5, 0.6) is 0 Å². The van der Waals surface area contributed by atoms with E-state index in [-0.39, 0.29) is 42.5 Å². The predicted octanol–water partition coefficient (Wildman–Crippen LogP) is 6.80. The lowest BCUT2D eigenvalue weighted by molar-refractivity contribution is -0.249. The minimum absolute atomic E-state index is 0.101.